The van der Waals surface area contributed by atoms with Gasteiger partial charge >= 0.3 is 0 Å². The lowest BCUT2D eigenvalue weighted by Gasteiger charge is -2.35. The molecule has 0 amide bonds. The van der Waals surface area contributed by atoms with Crippen molar-refractivity contribution in [2.45, 2.75) is 44.2 Å². The SMILES string of the molecule is CN(CCC(c1ccccc1)c1cc(Br)ccc1OCc1ccccc1)C1CCC1. The molecule has 1 fully saturated rings. The molecule has 0 spiro atoms. The Bertz CT molecular complexity index is 924. The van der Waals surface area contributed by atoms with Crippen molar-refractivity contribution in [3.05, 3.63) is 100 Å². The Morgan fingerprint density at radius 1 is 0.967 bits per heavy atom. The molecule has 4 rings (SSSR count). The molecule has 0 N–H and O–H groups in total. The molecule has 2 nitrogen and oxygen atoms in total. The predicted octanol–water partition coefficient (Wildman–Crippen LogP) is 7.03. The summed E-state index contributed by atoms with van der Waals surface area (Å²) < 4.78 is 7.43. The number of rotatable bonds is 9. The molecule has 0 aliphatic heterocycles. The molecule has 3 aromatic rings. The maximum Gasteiger partial charge on any atom is 0.123 e. The fraction of sp³-hybridized carbons (Fsp3) is 0.333. The van der Waals surface area contributed by atoms with Crippen molar-refractivity contribution in [3.8, 4) is 5.75 Å². The van der Waals surface area contributed by atoms with Crippen LogP contribution in [0.25, 0.3) is 0 Å². The van der Waals surface area contributed by atoms with Gasteiger partial charge in [0, 0.05) is 22.0 Å². The van der Waals surface area contributed by atoms with Gasteiger partial charge < -0.3 is 9.64 Å². The summed E-state index contributed by atoms with van der Waals surface area (Å²) in [5.74, 6) is 1.28. The highest BCUT2D eigenvalue weighted by molar-refractivity contribution is 9.10. The second-order valence-electron chi connectivity index (χ2n) is 8.27. The molecule has 1 atom stereocenters. The standard InChI is InChI=1S/C27H30BrNO/c1-29(24-13-8-14-24)18-17-25(22-11-6-3-7-12-22)26-19-23(28)15-16-27(26)30-20-21-9-4-2-5-10-21/h2-7,9-12,15-16,19,24-25H,8,13-14,17-18,20H2,1H3. The maximum absolute atomic E-state index is 6.33. The smallest absolute Gasteiger partial charge is 0.123 e. The minimum Gasteiger partial charge on any atom is -0.489 e. The monoisotopic (exact) mass is 463 g/mol. The van der Waals surface area contributed by atoms with Crippen molar-refractivity contribution < 1.29 is 4.74 Å². The van der Waals surface area contributed by atoms with Gasteiger partial charge in [-0.3, -0.25) is 0 Å². The fourth-order valence-electron chi connectivity index (χ4n) is 4.19. The minimum atomic E-state index is 0.303. The van der Waals surface area contributed by atoms with Crippen LogP contribution in [0.4, 0.5) is 0 Å². The number of benzene rings is 3. The average Bonchev–Trinajstić information content (AvgIpc) is 2.73. The van der Waals surface area contributed by atoms with Crippen molar-refractivity contribution in [2.75, 3.05) is 13.6 Å². The van der Waals surface area contributed by atoms with Gasteiger partial charge in [-0.05, 0) is 62.2 Å². The molecule has 1 aliphatic carbocycles. The number of nitrogens with zero attached hydrogens (tertiary/aromatic N) is 1. The van der Waals surface area contributed by atoms with E-state index >= 15 is 0 Å². The van der Waals surface area contributed by atoms with Crippen LogP contribution in [-0.2, 0) is 6.61 Å². The van der Waals surface area contributed by atoms with Crippen LogP contribution in [0.3, 0.4) is 0 Å². The summed E-state index contributed by atoms with van der Waals surface area (Å²) in [5.41, 5.74) is 3.79. The van der Waals surface area contributed by atoms with Crippen LogP contribution in [0.1, 0.15) is 48.3 Å². The van der Waals surface area contributed by atoms with Gasteiger partial charge in [0.05, 0.1) is 0 Å². The van der Waals surface area contributed by atoms with E-state index < -0.39 is 0 Å². The molecule has 1 saturated carbocycles. The van der Waals surface area contributed by atoms with E-state index in [1.165, 1.54) is 36.0 Å². The van der Waals surface area contributed by atoms with Crippen LogP contribution in [-0.4, -0.2) is 24.5 Å². The first-order valence-electron chi connectivity index (χ1n) is 10.9. The fourth-order valence-corrected chi connectivity index (χ4v) is 4.57. The first kappa shape index (κ1) is 21.1. The van der Waals surface area contributed by atoms with Gasteiger partial charge in [0.2, 0.25) is 0 Å². The number of hydrogen-bond acceptors (Lipinski definition) is 2. The molecular weight excluding hydrogens is 434 g/mol. The normalized spacial score (nSPS) is 15.0. The molecule has 30 heavy (non-hydrogen) atoms. The highest BCUT2D eigenvalue weighted by Crippen LogP contribution is 2.37. The number of ether oxygens (including phenoxy) is 1. The third-order valence-electron chi connectivity index (χ3n) is 6.25. The van der Waals surface area contributed by atoms with Crippen LogP contribution >= 0.6 is 15.9 Å². The van der Waals surface area contributed by atoms with Gasteiger partial charge in [-0.2, -0.15) is 0 Å². The first-order chi connectivity index (χ1) is 14.7. The predicted molar refractivity (Wildman–Crippen MR) is 128 cm³/mol. The average molecular weight is 464 g/mol. The van der Waals surface area contributed by atoms with E-state index in [9.17, 15) is 0 Å². The van der Waals surface area contributed by atoms with E-state index in [1.54, 1.807) is 0 Å². The molecule has 0 saturated heterocycles. The maximum atomic E-state index is 6.33. The summed E-state index contributed by atoms with van der Waals surface area (Å²) in [5, 5.41) is 0. The van der Waals surface area contributed by atoms with Gasteiger partial charge in [-0.15, -0.1) is 0 Å². The topological polar surface area (TPSA) is 12.5 Å². The lowest BCUT2D eigenvalue weighted by molar-refractivity contribution is 0.156. The quantitative estimate of drug-likeness (QED) is 0.337. The van der Waals surface area contributed by atoms with E-state index in [-0.39, 0.29) is 0 Å². The lowest BCUT2D eigenvalue weighted by Crippen LogP contribution is -2.38. The zero-order valence-electron chi connectivity index (χ0n) is 17.6. The zero-order chi connectivity index (χ0) is 20.8. The van der Waals surface area contributed by atoms with E-state index in [0.29, 0.717) is 12.5 Å². The highest BCUT2D eigenvalue weighted by Gasteiger charge is 2.24. The first-order valence-corrected chi connectivity index (χ1v) is 11.7. The lowest BCUT2D eigenvalue weighted by atomic mass is 9.86. The molecule has 3 heteroatoms. The summed E-state index contributed by atoms with van der Waals surface area (Å²) in [6, 6.07) is 28.4. The van der Waals surface area contributed by atoms with E-state index in [2.05, 4.69) is 101 Å². The molecule has 3 aromatic carbocycles. The van der Waals surface area contributed by atoms with E-state index in [4.69, 9.17) is 4.74 Å². The zero-order valence-corrected chi connectivity index (χ0v) is 19.2. The van der Waals surface area contributed by atoms with Crippen LogP contribution < -0.4 is 4.74 Å². The Balaban J connectivity index is 1.59. The molecule has 0 aromatic heterocycles. The third kappa shape index (κ3) is 5.33. The largest absolute Gasteiger partial charge is 0.489 e. The summed E-state index contributed by atoms with van der Waals surface area (Å²) in [6.07, 6.45) is 5.14. The van der Waals surface area contributed by atoms with Gasteiger partial charge in [0.25, 0.3) is 0 Å². The molecule has 0 heterocycles. The van der Waals surface area contributed by atoms with Gasteiger partial charge in [-0.1, -0.05) is 83.0 Å². The van der Waals surface area contributed by atoms with Gasteiger partial charge in [-0.25, -0.2) is 0 Å². The summed E-state index contributed by atoms with van der Waals surface area (Å²) >= 11 is 3.69. The minimum absolute atomic E-state index is 0.303. The van der Waals surface area contributed by atoms with Crippen molar-refractivity contribution in [3.63, 3.8) is 0 Å². The van der Waals surface area contributed by atoms with Crippen LogP contribution in [0.2, 0.25) is 0 Å². The second kappa shape index (κ2) is 10.3. The highest BCUT2D eigenvalue weighted by atomic mass is 79.9. The van der Waals surface area contributed by atoms with E-state index in [0.717, 1.165) is 29.2 Å². The van der Waals surface area contributed by atoms with Crippen LogP contribution in [0.15, 0.2) is 83.3 Å². The van der Waals surface area contributed by atoms with Crippen molar-refractivity contribution in [2.24, 2.45) is 0 Å². The van der Waals surface area contributed by atoms with Crippen LogP contribution in [0.5, 0.6) is 5.75 Å². The molecule has 1 aliphatic rings. The Hall–Kier alpha value is -2.10. The molecule has 156 valence electrons. The molecule has 0 radical (unpaired) electrons. The summed E-state index contributed by atoms with van der Waals surface area (Å²) in [7, 11) is 2.28. The van der Waals surface area contributed by atoms with Gasteiger partial charge in [0.1, 0.15) is 12.4 Å². The summed E-state index contributed by atoms with van der Waals surface area (Å²) in [6.45, 7) is 1.67. The molecule has 1 unspecified atom stereocenters. The van der Waals surface area contributed by atoms with E-state index in [1.807, 2.05) is 6.07 Å². The third-order valence-corrected chi connectivity index (χ3v) is 6.75. The Kier molecular flexibility index (Phi) is 7.24. The molecular formula is C27H30BrNO. The summed E-state index contributed by atoms with van der Waals surface area (Å²) in [4.78, 5) is 2.54. The van der Waals surface area contributed by atoms with Crippen molar-refractivity contribution in [1.29, 1.82) is 0 Å². The van der Waals surface area contributed by atoms with Crippen molar-refractivity contribution >= 4 is 15.9 Å². The Morgan fingerprint density at radius 2 is 1.67 bits per heavy atom. The Morgan fingerprint density at radius 3 is 2.33 bits per heavy atom. The van der Waals surface area contributed by atoms with Gasteiger partial charge in [0.15, 0.2) is 0 Å². The second-order valence-corrected chi connectivity index (χ2v) is 9.19. The molecule has 0 bridgehead atoms. The number of hydrogen-bond donors (Lipinski definition) is 0. The van der Waals surface area contributed by atoms with Crippen LogP contribution in [0, 0.1) is 0 Å². The number of halogens is 1. The Labute approximate surface area is 189 Å². The van der Waals surface area contributed by atoms with Crippen molar-refractivity contribution in [1.82, 2.24) is 4.90 Å².